The van der Waals surface area contributed by atoms with Gasteiger partial charge in [-0.05, 0) is 29.7 Å². The van der Waals surface area contributed by atoms with Crippen LogP contribution >= 0.6 is 11.3 Å². The number of thiophene rings is 1. The molecular weight excluding hydrogens is 334 g/mol. The molecule has 0 bridgehead atoms. The predicted octanol–water partition coefficient (Wildman–Crippen LogP) is 3.55. The van der Waals surface area contributed by atoms with E-state index in [-0.39, 0.29) is 12.0 Å². The van der Waals surface area contributed by atoms with Gasteiger partial charge in [-0.2, -0.15) is 0 Å². The molecule has 0 spiro atoms. The van der Waals surface area contributed by atoms with Crippen LogP contribution in [0, 0.1) is 0 Å². The first-order valence-corrected chi connectivity index (χ1v) is 9.10. The first-order valence-electron chi connectivity index (χ1n) is 8.29. The maximum absolute atomic E-state index is 12.9. The van der Waals surface area contributed by atoms with Gasteiger partial charge in [0.15, 0.2) is 0 Å². The van der Waals surface area contributed by atoms with Crippen molar-refractivity contribution in [1.29, 1.82) is 0 Å². The number of morpholine rings is 1. The Balaban J connectivity index is 1.54. The van der Waals surface area contributed by atoms with Gasteiger partial charge in [0, 0.05) is 18.3 Å². The summed E-state index contributed by atoms with van der Waals surface area (Å²) in [7, 11) is 1.84. The van der Waals surface area contributed by atoms with Gasteiger partial charge in [-0.1, -0.05) is 24.3 Å². The third kappa shape index (κ3) is 3.23. The fraction of sp³-hybridized carbons (Fsp3) is 0.263. The molecule has 1 N–H and O–H groups in total. The second-order valence-electron chi connectivity index (χ2n) is 5.96. The van der Waals surface area contributed by atoms with Crippen molar-refractivity contribution in [3.05, 3.63) is 59.1 Å². The summed E-state index contributed by atoms with van der Waals surface area (Å²) < 4.78 is 7.00. The van der Waals surface area contributed by atoms with Gasteiger partial charge in [0.25, 0.3) is 5.91 Å². The zero-order chi connectivity index (χ0) is 17.2. The lowest BCUT2D eigenvalue weighted by atomic mass is 10.1. The second-order valence-corrected chi connectivity index (χ2v) is 7.04. The Morgan fingerprint density at radius 1 is 1.28 bits per heavy atom. The maximum atomic E-state index is 12.9. The zero-order valence-corrected chi connectivity index (χ0v) is 14.8. The van der Waals surface area contributed by atoms with Crippen LogP contribution in [0.15, 0.2) is 48.5 Å². The summed E-state index contributed by atoms with van der Waals surface area (Å²) in [6.45, 7) is 1.65. The lowest BCUT2D eigenvalue weighted by Crippen LogP contribution is -2.42. The van der Waals surface area contributed by atoms with Gasteiger partial charge in [-0.3, -0.25) is 4.79 Å². The molecule has 1 aliphatic heterocycles. The first-order chi connectivity index (χ1) is 12.2. The van der Waals surface area contributed by atoms with E-state index in [1.165, 1.54) is 0 Å². The maximum Gasteiger partial charge on any atom is 0.264 e. The number of hydrogen-bond acceptors (Lipinski definition) is 5. The van der Waals surface area contributed by atoms with Crippen molar-refractivity contribution in [2.24, 2.45) is 0 Å². The standard InChI is InChI=1S/C19H19N3O2S/c1-20-18-8-4-6-14(21-18)15-12-22(9-10-24-15)19(23)17-11-13-5-2-3-7-16(13)25-17/h2-8,11,15H,9-10,12H2,1H3,(H,20,21)/t15-/m1/s1. The molecule has 1 saturated heterocycles. The number of carbonyl (C=O) groups is 1. The van der Waals surface area contributed by atoms with Gasteiger partial charge in [-0.25, -0.2) is 4.98 Å². The first kappa shape index (κ1) is 16.1. The Labute approximate surface area is 150 Å². The summed E-state index contributed by atoms with van der Waals surface area (Å²) in [5.74, 6) is 0.869. The molecule has 1 aliphatic rings. The number of hydrogen-bond donors (Lipinski definition) is 1. The van der Waals surface area contributed by atoms with Crippen LogP contribution in [-0.2, 0) is 4.74 Å². The third-order valence-electron chi connectivity index (χ3n) is 4.35. The minimum Gasteiger partial charge on any atom is -0.373 e. The topological polar surface area (TPSA) is 54.5 Å². The number of anilines is 1. The molecule has 25 heavy (non-hydrogen) atoms. The molecule has 1 fully saturated rings. The zero-order valence-electron chi connectivity index (χ0n) is 13.9. The molecule has 6 heteroatoms. The Morgan fingerprint density at radius 2 is 2.16 bits per heavy atom. The number of ether oxygens (including phenoxy) is 1. The molecule has 0 saturated carbocycles. The van der Waals surface area contributed by atoms with E-state index in [4.69, 9.17) is 4.74 Å². The van der Waals surface area contributed by atoms with Gasteiger partial charge in [0.05, 0.1) is 23.7 Å². The predicted molar refractivity (Wildman–Crippen MR) is 100 cm³/mol. The minimum atomic E-state index is -0.194. The van der Waals surface area contributed by atoms with E-state index in [1.54, 1.807) is 11.3 Å². The summed E-state index contributed by atoms with van der Waals surface area (Å²) in [5.41, 5.74) is 0.848. The molecule has 3 aromatic rings. The molecular formula is C19H19N3O2S. The highest BCUT2D eigenvalue weighted by Gasteiger charge is 2.28. The lowest BCUT2D eigenvalue weighted by Gasteiger charge is -2.32. The molecule has 3 heterocycles. The number of amides is 1. The molecule has 4 rings (SSSR count). The van der Waals surface area contributed by atoms with Crippen LogP contribution < -0.4 is 5.32 Å². The van der Waals surface area contributed by atoms with Crippen molar-refractivity contribution >= 4 is 33.1 Å². The molecule has 128 valence electrons. The molecule has 0 aliphatic carbocycles. The smallest absolute Gasteiger partial charge is 0.264 e. The van der Waals surface area contributed by atoms with Gasteiger partial charge in [0.1, 0.15) is 11.9 Å². The van der Waals surface area contributed by atoms with Crippen molar-refractivity contribution < 1.29 is 9.53 Å². The van der Waals surface area contributed by atoms with E-state index in [9.17, 15) is 4.79 Å². The molecule has 0 radical (unpaired) electrons. The van der Waals surface area contributed by atoms with Gasteiger partial charge in [0.2, 0.25) is 0 Å². The number of aromatic nitrogens is 1. The van der Waals surface area contributed by atoms with Crippen LogP contribution in [0.5, 0.6) is 0 Å². The fourth-order valence-electron chi connectivity index (χ4n) is 3.03. The van der Waals surface area contributed by atoms with Crippen LogP contribution in [0.1, 0.15) is 21.5 Å². The van der Waals surface area contributed by atoms with Crippen molar-refractivity contribution in [3.8, 4) is 0 Å². The molecule has 0 unspecified atom stereocenters. The highest BCUT2D eigenvalue weighted by atomic mass is 32.1. The van der Waals surface area contributed by atoms with E-state index in [1.807, 2.05) is 60.5 Å². The van der Waals surface area contributed by atoms with Crippen LogP contribution in [0.3, 0.4) is 0 Å². The normalized spacial score (nSPS) is 17.6. The van der Waals surface area contributed by atoms with Crippen molar-refractivity contribution in [1.82, 2.24) is 9.88 Å². The summed E-state index contributed by atoms with van der Waals surface area (Å²) in [6, 6.07) is 15.9. The van der Waals surface area contributed by atoms with Gasteiger partial charge >= 0.3 is 0 Å². The van der Waals surface area contributed by atoms with E-state index in [0.717, 1.165) is 26.5 Å². The van der Waals surface area contributed by atoms with Crippen molar-refractivity contribution in [2.45, 2.75) is 6.10 Å². The largest absolute Gasteiger partial charge is 0.373 e. The van der Waals surface area contributed by atoms with Crippen molar-refractivity contribution in [2.75, 3.05) is 32.1 Å². The Hall–Kier alpha value is -2.44. The summed E-state index contributed by atoms with van der Waals surface area (Å²) >= 11 is 1.54. The van der Waals surface area contributed by atoms with E-state index in [0.29, 0.717) is 19.7 Å². The monoisotopic (exact) mass is 353 g/mol. The molecule has 5 nitrogen and oxygen atoms in total. The number of nitrogens with one attached hydrogen (secondary N) is 1. The third-order valence-corrected chi connectivity index (χ3v) is 5.45. The van der Waals surface area contributed by atoms with Crippen LogP contribution in [0.25, 0.3) is 10.1 Å². The van der Waals surface area contributed by atoms with Gasteiger partial charge in [-0.15, -0.1) is 11.3 Å². The van der Waals surface area contributed by atoms with Gasteiger partial charge < -0.3 is 15.0 Å². The number of benzene rings is 1. The summed E-state index contributed by atoms with van der Waals surface area (Å²) in [4.78, 5) is 20.1. The quantitative estimate of drug-likeness (QED) is 0.782. The minimum absolute atomic E-state index is 0.0688. The van der Waals surface area contributed by atoms with E-state index < -0.39 is 0 Å². The van der Waals surface area contributed by atoms with Crippen molar-refractivity contribution in [3.63, 3.8) is 0 Å². The summed E-state index contributed by atoms with van der Waals surface area (Å²) in [6.07, 6.45) is -0.194. The Bertz CT molecular complexity index is 875. The van der Waals surface area contributed by atoms with E-state index in [2.05, 4.69) is 10.3 Å². The lowest BCUT2D eigenvalue weighted by molar-refractivity contribution is -0.0245. The molecule has 1 atom stereocenters. The SMILES string of the molecule is CNc1cccc([C@H]2CN(C(=O)c3cc4ccccc4s3)CCO2)n1. The highest BCUT2D eigenvalue weighted by Crippen LogP contribution is 2.28. The average Bonchev–Trinajstić information content (AvgIpc) is 3.12. The number of nitrogens with zero attached hydrogens (tertiary/aromatic N) is 2. The molecule has 2 aromatic heterocycles. The number of pyridine rings is 1. The number of rotatable bonds is 3. The van der Waals surface area contributed by atoms with Crippen LogP contribution in [0.4, 0.5) is 5.82 Å². The highest BCUT2D eigenvalue weighted by molar-refractivity contribution is 7.20. The fourth-order valence-corrected chi connectivity index (χ4v) is 4.06. The molecule has 1 aromatic carbocycles. The average molecular weight is 353 g/mol. The van der Waals surface area contributed by atoms with Crippen LogP contribution in [-0.4, -0.2) is 42.5 Å². The van der Waals surface area contributed by atoms with E-state index >= 15 is 0 Å². The Kier molecular flexibility index (Phi) is 4.38. The van der Waals surface area contributed by atoms with Crippen LogP contribution in [0.2, 0.25) is 0 Å². The Morgan fingerprint density at radius 3 is 3.00 bits per heavy atom. The number of fused-ring (bicyclic) bond motifs is 1. The second kappa shape index (κ2) is 6.82. The molecule has 1 amide bonds. The summed E-state index contributed by atoms with van der Waals surface area (Å²) in [5, 5.41) is 4.15. The number of carbonyl (C=O) groups excluding carboxylic acids is 1.